The van der Waals surface area contributed by atoms with Crippen molar-refractivity contribution in [3.05, 3.63) is 76.3 Å². The van der Waals surface area contributed by atoms with Gasteiger partial charge in [-0.05, 0) is 19.1 Å². The minimum atomic E-state index is -2.50. The minimum Gasteiger partial charge on any atom is -0.462 e. The van der Waals surface area contributed by atoms with Crippen LogP contribution in [0.1, 0.15) is 17.3 Å². The molecule has 0 atom stereocenters. The number of carbonyl (C=O) groups excluding carboxylic acids is 2. The van der Waals surface area contributed by atoms with Crippen molar-refractivity contribution in [2.45, 2.75) is 6.92 Å². The van der Waals surface area contributed by atoms with E-state index in [4.69, 9.17) is 0 Å². The zero-order valence-electron chi connectivity index (χ0n) is 14.4. The fraction of sp³-hybridized carbons (Fsp3) is 0.111. The summed E-state index contributed by atoms with van der Waals surface area (Å²) in [6.07, 6.45) is 0.439. The largest absolute Gasteiger partial charge is 0.462 e. The number of ether oxygens (including phenoxy) is 1. The van der Waals surface area contributed by atoms with Gasteiger partial charge in [-0.15, -0.1) is 0 Å². The fourth-order valence-corrected chi connectivity index (χ4v) is 2.12. The van der Waals surface area contributed by atoms with Gasteiger partial charge in [0.25, 0.3) is 0 Å². The van der Waals surface area contributed by atoms with E-state index in [1.165, 1.54) is 6.92 Å². The number of anilines is 1. The lowest BCUT2D eigenvalue weighted by molar-refractivity contribution is -0.138. The first-order valence-corrected chi connectivity index (χ1v) is 7.75. The third-order valence-electron chi connectivity index (χ3n) is 3.48. The van der Waals surface area contributed by atoms with E-state index in [1.807, 2.05) is 0 Å². The number of ketones is 1. The van der Waals surface area contributed by atoms with Gasteiger partial charge in [-0.2, -0.15) is 0 Å². The summed E-state index contributed by atoms with van der Waals surface area (Å²) in [6.45, 7) is 0.997. The molecular formula is C18H10F7NO3. The predicted molar refractivity (Wildman–Crippen MR) is 85.3 cm³/mol. The third kappa shape index (κ3) is 4.39. The number of Topliss-reactive ketones (excluding diaryl/α,β-unsaturated/α-hetero) is 1. The van der Waals surface area contributed by atoms with Crippen LogP contribution in [0.15, 0.2) is 30.0 Å². The van der Waals surface area contributed by atoms with Gasteiger partial charge < -0.3 is 10.1 Å². The zero-order valence-corrected chi connectivity index (χ0v) is 14.4. The Morgan fingerprint density at radius 3 is 2.00 bits per heavy atom. The highest BCUT2D eigenvalue weighted by Crippen LogP contribution is 2.26. The van der Waals surface area contributed by atoms with E-state index in [2.05, 4.69) is 10.1 Å². The van der Waals surface area contributed by atoms with Crippen LogP contribution in [0, 0.1) is 40.7 Å². The molecular weight excluding hydrogens is 411 g/mol. The molecule has 0 amide bonds. The molecule has 2 aromatic carbocycles. The van der Waals surface area contributed by atoms with Crippen LogP contribution in [0.5, 0.6) is 0 Å². The summed E-state index contributed by atoms with van der Waals surface area (Å²) in [5.74, 6) is -17.7. The molecule has 0 spiro atoms. The van der Waals surface area contributed by atoms with E-state index >= 15 is 0 Å². The molecule has 0 heterocycles. The molecule has 0 aliphatic rings. The van der Waals surface area contributed by atoms with Crippen LogP contribution in [0.25, 0.3) is 0 Å². The van der Waals surface area contributed by atoms with E-state index < -0.39 is 69.3 Å². The average molecular weight is 421 g/mol. The molecule has 0 radical (unpaired) electrons. The number of hydrogen-bond donors (Lipinski definition) is 1. The molecule has 2 aromatic rings. The molecule has 154 valence electrons. The van der Waals surface area contributed by atoms with Crippen LogP contribution in [-0.4, -0.2) is 18.4 Å². The second kappa shape index (κ2) is 8.76. The van der Waals surface area contributed by atoms with Crippen molar-refractivity contribution in [1.82, 2.24) is 0 Å². The topological polar surface area (TPSA) is 55.4 Å². The van der Waals surface area contributed by atoms with Crippen LogP contribution < -0.4 is 5.32 Å². The molecule has 0 saturated carbocycles. The Morgan fingerprint density at radius 1 is 0.931 bits per heavy atom. The third-order valence-corrected chi connectivity index (χ3v) is 3.48. The molecule has 0 aromatic heterocycles. The van der Waals surface area contributed by atoms with Crippen molar-refractivity contribution < 1.29 is 45.1 Å². The summed E-state index contributed by atoms with van der Waals surface area (Å²) in [6, 6.07) is 2.13. The molecule has 1 N–H and O–H groups in total. The zero-order chi connectivity index (χ0) is 21.9. The SMILES string of the molecule is CCOC(=O)C(=CNc1ccc(F)cc1F)C(=O)c1c(F)c(F)c(F)c(F)c1F. The second-order valence-corrected chi connectivity index (χ2v) is 5.32. The number of hydrogen-bond acceptors (Lipinski definition) is 4. The van der Waals surface area contributed by atoms with Crippen molar-refractivity contribution >= 4 is 17.4 Å². The smallest absolute Gasteiger partial charge is 0.343 e. The van der Waals surface area contributed by atoms with Crippen molar-refractivity contribution in [1.29, 1.82) is 0 Å². The number of esters is 1. The second-order valence-electron chi connectivity index (χ2n) is 5.32. The maximum Gasteiger partial charge on any atom is 0.343 e. The standard InChI is InChI=1S/C18H10F7NO3/c1-2-29-18(28)8(6-26-10-4-3-7(19)5-9(10)20)17(27)11-12(21)14(23)16(25)15(24)13(11)22/h3-6,26H,2H2,1H3. The van der Waals surface area contributed by atoms with Gasteiger partial charge in [0, 0.05) is 12.3 Å². The highest BCUT2D eigenvalue weighted by molar-refractivity contribution is 6.24. The molecule has 0 aliphatic carbocycles. The highest BCUT2D eigenvalue weighted by Gasteiger charge is 2.33. The van der Waals surface area contributed by atoms with Crippen LogP contribution in [-0.2, 0) is 9.53 Å². The number of halogens is 7. The first kappa shape index (κ1) is 21.9. The molecule has 2 rings (SSSR count). The van der Waals surface area contributed by atoms with E-state index in [9.17, 15) is 40.3 Å². The van der Waals surface area contributed by atoms with Gasteiger partial charge in [-0.25, -0.2) is 35.5 Å². The molecule has 29 heavy (non-hydrogen) atoms. The number of carbonyl (C=O) groups is 2. The van der Waals surface area contributed by atoms with E-state index in [0.29, 0.717) is 12.3 Å². The monoisotopic (exact) mass is 421 g/mol. The Morgan fingerprint density at radius 2 is 1.48 bits per heavy atom. The Bertz CT molecular complexity index is 992. The summed E-state index contributed by atoms with van der Waals surface area (Å²) in [4.78, 5) is 24.3. The van der Waals surface area contributed by atoms with Crippen molar-refractivity contribution in [2.24, 2.45) is 0 Å². The van der Waals surface area contributed by atoms with Gasteiger partial charge in [-0.3, -0.25) is 4.79 Å². The fourth-order valence-electron chi connectivity index (χ4n) is 2.12. The molecule has 0 unspecified atom stereocenters. The quantitative estimate of drug-likeness (QED) is 0.110. The molecule has 0 aliphatic heterocycles. The number of nitrogens with one attached hydrogen (secondary N) is 1. The summed E-state index contributed by atoms with van der Waals surface area (Å²) in [5.41, 5.74) is -3.56. The van der Waals surface area contributed by atoms with Gasteiger partial charge in [0.05, 0.1) is 12.3 Å². The van der Waals surface area contributed by atoms with Gasteiger partial charge in [0.1, 0.15) is 22.8 Å². The highest BCUT2D eigenvalue weighted by atomic mass is 19.2. The van der Waals surface area contributed by atoms with E-state index in [-0.39, 0.29) is 6.61 Å². The summed E-state index contributed by atoms with van der Waals surface area (Å²) in [5, 5.41) is 2.08. The van der Waals surface area contributed by atoms with Gasteiger partial charge >= 0.3 is 5.97 Å². The maximum absolute atomic E-state index is 13.9. The lowest BCUT2D eigenvalue weighted by atomic mass is 10.0. The Balaban J connectivity index is 2.56. The molecule has 0 bridgehead atoms. The van der Waals surface area contributed by atoms with Crippen LogP contribution in [0.2, 0.25) is 0 Å². The summed E-state index contributed by atoms with van der Waals surface area (Å²) in [7, 11) is 0. The lowest BCUT2D eigenvalue weighted by Crippen LogP contribution is -2.21. The van der Waals surface area contributed by atoms with Crippen LogP contribution in [0.4, 0.5) is 36.4 Å². The van der Waals surface area contributed by atoms with Gasteiger partial charge in [0.15, 0.2) is 23.3 Å². The van der Waals surface area contributed by atoms with E-state index in [1.54, 1.807) is 0 Å². The van der Waals surface area contributed by atoms with Crippen LogP contribution >= 0.6 is 0 Å². The van der Waals surface area contributed by atoms with Crippen LogP contribution in [0.3, 0.4) is 0 Å². The van der Waals surface area contributed by atoms with Crippen molar-refractivity contribution in [2.75, 3.05) is 11.9 Å². The minimum absolute atomic E-state index is 0.314. The Hall–Kier alpha value is -3.37. The molecule has 0 fully saturated rings. The summed E-state index contributed by atoms with van der Waals surface area (Å²) >= 11 is 0. The first-order valence-electron chi connectivity index (χ1n) is 7.75. The van der Waals surface area contributed by atoms with Gasteiger partial charge in [0.2, 0.25) is 11.6 Å². The Kier molecular flexibility index (Phi) is 6.62. The molecule has 11 heteroatoms. The number of benzene rings is 2. The predicted octanol–water partition coefficient (Wildman–Crippen LogP) is 4.40. The molecule has 0 saturated heterocycles. The molecule has 4 nitrogen and oxygen atoms in total. The van der Waals surface area contributed by atoms with E-state index in [0.717, 1.165) is 12.1 Å². The number of rotatable bonds is 6. The first-order chi connectivity index (χ1) is 13.6. The summed E-state index contributed by atoms with van der Waals surface area (Å²) < 4.78 is 98.8. The normalized spacial score (nSPS) is 11.4. The van der Waals surface area contributed by atoms with Crippen molar-refractivity contribution in [3.63, 3.8) is 0 Å². The Labute approximate surface area is 158 Å². The lowest BCUT2D eigenvalue weighted by Gasteiger charge is -2.11. The van der Waals surface area contributed by atoms with Crippen molar-refractivity contribution in [3.8, 4) is 0 Å². The maximum atomic E-state index is 13.9. The van der Waals surface area contributed by atoms with Gasteiger partial charge in [-0.1, -0.05) is 0 Å². The average Bonchev–Trinajstić information content (AvgIpc) is 2.67.